The van der Waals surface area contributed by atoms with Gasteiger partial charge in [0.05, 0.1) is 6.67 Å². The van der Waals surface area contributed by atoms with E-state index in [9.17, 15) is 0 Å². The smallest absolute Gasteiger partial charge is 0.0753 e. The Morgan fingerprint density at radius 3 is 2.76 bits per heavy atom. The normalized spacial score (nSPS) is 20.8. The third-order valence-electron chi connectivity index (χ3n) is 4.21. The molecule has 0 radical (unpaired) electrons. The summed E-state index contributed by atoms with van der Waals surface area (Å²) in [5.41, 5.74) is 5.74. The minimum absolute atomic E-state index is 0.645. The average Bonchev–Trinajstić information content (AvgIpc) is 2.54. The van der Waals surface area contributed by atoms with Gasteiger partial charge in [-0.15, -0.1) is 0 Å². The maximum atomic E-state index is 2.48. The molecule has 1 aliphatic rings. The molecule has 2 heterocycles. The molecule has 1 aromatic carbocycles. The Morgan fingerprint density at radius 1 is 1.24 bits per heavy atom. The quantitative estimate of drug-likeness (QED) is 0.672. The fourth-order valence-electron chi connectivity index (χ4n) is 2.91. The van der Waals surface area contributed by atoms with E-state index < -0.39 is 0 Å². The van der Waals surface area contributed by atoms with Crippen molar-refractivity contribution in [2.45, 2.75) is 39.9 Å². The Bertz CT molecular complexity index is 580. The van der Waals surface area contributed by atoms with Crippen LogP contribution in [0.2, 0.25) is 0 Å². The molecule has 3 rings (SSSR count). The first-order valence-electron chi connectivity index (χ1n) is 6.36. The van der Waals surface area contributed by atoms with Crippen molar-refractivity contribution in [2.75, 3.05) is 7.05 Å². The first-order chi connectivity index (χ1) is 8.08. The van der Waals surface area contributed by atoms with E-state index in [1.165, 1.54) is 27.7 Å². The third-order valence-corrected chi connectivity index (χ3v) is 4.21. The maximum Gasteiger partial charge on any atom is 0.0753 e. The van der Waals surface area contributed by atoms with Crippen LogP contribution >= 0.6 is 0 Å². The van der Waals surface area contributed by atoms with Crippen LogP contribution < -0.4 is 0 Å². The van der Waals surface area contributed by atoms with E-state index in [0.29, 0.717) is 6.04 Å². The second-order valence-corrected chi connectivity index (χ2v) is 5.47. The van der Waals surface area contributed by atoms with Crippen molar-refractivity contribution in [3.8, 4) is 0 Å². The van der Waals surface area contributed by atoms with Gasteiger partial charge in [0.1, 0.15) is 0 Å². The van der Waals surface area contributed by atoms with Gasteiger partial charge in [0.25, 0.3) is 0 Å². The van der Waals surface area contributed by atoms with Gasteiger partial charge in [-0.05, 0) is 45.5 Å². The number of fused-ring (bicyclic) bond motifs is 3. The molecule has 0 N–H and O–H groups in total. The predicted molar refractivity (Wildman–Crippen MR) is 72.3 cm³/mol. The van der Waals surface area contributed by atoms with Crippen molar-refractivity contribution in [3.63, 3.8) is 0 Å². The molecule has 2 nitrogen and oxygen atoms in total. The standard InChI is InChI=1S/C15H20N2/c1-10-5-6-14-13(7-10)12(3)15-8-11(2)16(4)9-17(14)15/h5-7,11H,8-9H2,1-4H3. The molecule has 90 valence electrons. The predicted octanol–water partition coefficient (Wildman–Crippen LogP) is 3.09. The summed E-state index contributed by atoms with van der Waals surface area (Å²) < 4.78 is 2.48. The lowest BCUT2D eigenvalue weighted by Crippen LogP contribution is -2.38. The van der Waals surface area contributed by atoms with Crippen LogP contribution in [0.5, 0.6) is 0 Å². The van der Waals surface area contributed by atoms with E-state index in [1.54, 1.807) is 0 Å². The van der Waals surface area contributed by atoms with Gasteiger partial charge in [-0.25, -0.2) is 0 Å². The molecule has 0 saturated heterocycles. The van der Waals surface area contributed by atoms with Crippen molar-refractivity contribution in [1.29, 1.82) is 0 Å². The van der Waals surface area contributed by atoms with Crippen LogP contribution in [0.1, 0.15) is 23.7 Å². The van der Waals surface area contributed by atoms with Crippen LogP contribution in [0.4, 0.5) is 0 Å². The molecule has 0 bridgehead atoms. The zero-order chi connectivity index (χ0) is 12.2. The lowest BCUT2D eigenvalue weighted by Gasteiger charge is -2.32. The Labute approximate surface area is 103 Å². The lowest BCUT2D eigenvalue weighted by molar-refractivity contribution is 0.177. The molecule has 0 fully saturated rings. The molecule has 0 saturated carbocycles. The SMILES string of the molecule is Cc1ccc2c(c1)c(C)c1n2CN(C)C(C)C1. The molecule has 1 atom stereocenters. The topological polar surface area (TPSA) is 8.17 Å². The van der Waals surface area contributed by atoms with Gasteiger partial charge < -0.3 is 4.57 Å². The number of hydrogen-bond donors (Lipinski definition) is 0. The second-order valence-electron chi connectivity index (χ2n) is 5.47. The van der Waals surface area contributed by atoms with Crippen LogP contribution in [0.25, 0.3) is 10.9 Å². The van der Waals surface area contributed by atoms with Gasteiger partial charge in [0.2, 0.25) is 0 Å². The van der Waals surface area contributed by atoms with E-state index in [-0.39, 0.29) is 0 Å². The number of benzene rings is 1. The highest BCUT2D eigenvalue weighted by Crippen LogP contribution is 2.30. The number of likely N-dealkylation sites (N-methyl/N-ethyl adjacent to an activating group) is 1. The van der Waals surface area contributed by atoms with Crippen LogP contribution in [-0.4, -0.2) is 22.6 Å². The molecule has 0 aliphatic carbocycles. The molecule has 1 aliphatic heterocycles. The Morgan fingerprint density at radius 2 is 2.00 bits per heavy atom. The van der Waals surface area contributed by atoms with Gasteiger partial charge in [-0.2, -0.15) is 0 Å². The van der Waals surface area contributed by atoms with Gasteiger partial charge in [0, 0.05) is 29.1 Å². The molecule has 2 heteroatoms. The summed E-state index contributed by atoms with van der Waals surface area (Å²) in [5.74, 6) is 0. The largest absolute Gasteiger partial charge is 0.331 e. The monoisotopic (exact) mass is 228 g/mol. The average molecular weight is 228 g/mol. The second kappa shape index (κ2) is 3.61. The number of hydrogen-bond acceptors (Lipinski definition) is 1. The van der Waals surface area contributed by atoms with Gasteiger partial charge in [0.15, 0.2) is 0 Å². The van der Waals surface area contributed by atoms with Gasteiger partial charge >= 0.3 is 0 Å². The van der Waals surface area contributed by atoms with Crippen molar-refractivity contribution in [1.82, 2.24) is 9.47 Å². The molecular formula is C15H20N2. The summed E-state index contributed by atoms with van der Waals surface area (Å²) in [6.45, 7) is 7.77. The summed E-state index contributed by atoms with van der Waals surface area (Å²) in [6.07, 6.45) is 1.16. The molecule has 2 aromatic rings. The van der Waals surface area contributed by atoms with Gasteiger partial charge in [-0.1, -0.05) is 11.6 Å². The molecular weight excluding hydrogens is 208 g/mol. The van der Waals surface area contributed by atoms with E-state index in [4.69, 9.17) is 0 Å². The van der Waals surface area contributed by atoms with Crippen LogP contribution in [0.15, 0.2) is 18.2 Å². The molecule has 0 spiro atoms. The highest BCUT2D eigenvalue weighted by atomic mass is 15.3. The van der Waals surface area contributed by atoms with Crippen LogP contribution in [-0.2, 0) is 13.1 Å². The zero-order valence-corrected chi connectivity index (χ0v) is 11.1. The van der Waals surface area contributed by atoms with E-state index in [1.807, 2.05) is 0 Å². The maximum absolute atomic E-state index is 2.48. The highest BCUT2D eigenvalue weighted by molar-refractivity contribution is 5.86. The van der Waals surface area contributed by atoms with Crippen molar-refractivity contribution in [3.05, 3.63) is 35.0 Å². The van der Waals surface area contributed by atoms with E-state index in [0.717, 1.165) is 13.1 Å². The zero-order valence-electron chi connectivity index (χ0n) is 11.1. The molecule has 0 amide bonds. The van der Waals surface area contributed by atoms with Crippen molar-refractivity contribution in [2.24, 2.45) is 0 Å². The molecule has 1 unspecified atom stereocenters. The summed E-state index contributed by atoms with van der Waals surface area (Å²) in [4.78, 5) is 2.42. The van der Waals surface area contributed by atoms with E-state index in [2.05, 4.69) is 55.5 Å². The minimum Gasteiger partial charge on any atom is -0.331 e. The Balaban J connectivity index is 2.28. The Hall–Kier alpha value is -1.28. The van der Waals surface area contributed by atoms with E-state index >= 15 is 0 Å². The first-order valence-corrected chi connectivity index (χ1v) is 6.36. The molecule has 1 aromatic heterocycles. The fraction of sp³-hybridized carbons (Fsp3) is 0.467. The fourth-order valence-corrected chi connectivity index (χ4v) is 2.91. The summed E-state index contributed by atoms with van der Waals surface area (Å²) in [6, 6.07) is 7.45. The van der Waals surface area contributed by atoms with Crippen molar-refractivity contribution >= 4 is 10.9 Å². The lowest BCUT2D eigenvalue weighted by atomic mass is 10.1. The number of aromatic nitrogens is 1. The number of aryl methyl sites for hydroxylation is 2. The number of nitrogens with zero attached hydrogens (tertiary/aromatic N) is 2. The van der Waals surface area contributed by atoms with Crippen molar-refractivity contribution < 1.29 is 0 Å². The Kier molecular flexibility index (Phi) is 2.30. The summed E-state index contributed by atoms with van der Waals surface area (Å²) in [5, 5.41) is 1.43. The van der Waals surface area contributed by atoms with Gasteiger partial charge in [-0.3, -0.25) is 4.90 Å². The third kappa shape index (κ3) is 1.51. The first kappa shape index (κ1) is 10.8. The minimum atomic E-state index is 0.645. The number of rotatable bonds is 0. The van der Waals surface area contributed by atoms with Crippen LogP contribution in [0, 0.1) is 13.8 Å². The molecule has 17 heavy (non-hydrogen) atoms. The highest BCUT2D eigenvalue weighted by Gasteiger charge is 2.23. The van der Waals surface area contributed by atoms with Crippen LogP contribution in [0.3, 0.4) is 0 Å². The summed E-state index contributed by atoms with van der Waals surface area (Å²) in [7, 11) is 2.21. The summed E-state index contributed by atoms with van der Waals surface area (Å²) >= 11 is 0.